The third-order valence-electron chi connectivity index (χ3n) is 5.35. The standard InChI is InChI=1S/C23H32N5O5P.C4H4O4/c1-16(2)32-22(29)23(4,5)12-34(30,33-18-9-7-6-8-10-18)15-31-17(3)11-28-14-27-19-20(24)25-13-26-21(19)28;5-3(6)1-2-4(7)8/h6-10,13-14,16-17H,11-12,15H2,1-5H3,(H2,24,25,26);1-2H,(H,5,6)(H,7,8)/b;2-1+/t17-,34-;/m1./s1. The Bertz CT molecular complexity index is 1420. The number of carboxylic acid groups (broad SMARTS) is 2. The van der Waals surface area contributed by atoms with Crippen LogP contribution < -0.4 is 10.3 Å². The summed E-state index contributed by atoms with van der Waals surface area (Å²) in [7, 11) is -3.45. The summed E-state index contributed by atoms with van der Waals surface area (Å²) < 4.78 is 33.0. The molecule has 42 heavy (non-hydrogen) atoms. The van der Waals surface area contributed by atoms with Crippen LogP contribution in [-0.2, 0) is 35.0 Å². The minimum Gasteiger partial charge on any atom is -0.478 e. The van der Waals surface area contributed by atoms with E-state index in [0.29, 0.717) is 41.4 Å². The van der Waals surface area contributed by atoms with Crippen molar-refractivity contribution in [1.29, 1.82) is 0 Å². The molecule has 0 amide bonds. The van der Waals surface area contributed by atoms with Gasteiger partial charge in [-0.05, 0) is 46.8 Å². The lowest BCUT2D eigenvalue weighted by Crippen LogP contribution is -2.33. The fourth-order valence-corrected chi connectivity index (χ4v) is 6.09. The highest BCUT2D eigenvalue weighted by Gasteiger charge is 2.40. The van der Waals surface area contributed by atoms with Gasteiger partial charge in [0.1, 0.15) is 23.9 Å². The fraction of sp³-hybridized carbons (Fsp3) is 0.407. The molecule has 0 radical (unpaired) electrons. The van der Waals surface area contributed by atoms with Crippen molar-refractivity contribution in [2.75, 3.05) is 18.2 Å². The molecule has 228 valence electrons. The lowest BCUT2D eigenvalue weighted by atomic mass is 9.97. The van der Waals surface area contributed by atoms with Crippen molar-refractivity contribution in [3.63, 3.8) is 0 Å². The van der Waals surface area contributed by atoms with Crippen molar-refractivity contribution >= 4 is 42.3 Å². The number of nitrogens with zero attached hydrogens (tertiary/aromatic N) is 4. The van der Waals surface area contributed by atoms with Crippen LogP contribution in [0.3, 0.4) is 0 Å². The van der Waals surface area contributed by atoms with Crippen LogP contribution in [0, 0.1) is 5.41 Å². The molecule has 0 aliphatic heterocycles. The molecule has 2 atom stereocenters. The molecular formula is C27H36N5O9P. The van der Waals surface area contributed by atoms with Crippen LogP contribution in [0.25, 0.3) is 11.2 Å². The summed E-state index contributed by atoms with van der Waals surface area (Å²) in [6.45, 7) is 9.20. The molecule has 3 rings (SSSR count). The number of benzene rings is 1. The number of carbonyl (C=O) groups excluding carboxylic acids is 1. The summed E-state index contributed by atoms with van der Waals surface area (Å²) in [5.74, 6) is -2.20. The Morgan fingerprint density at radius 3 is 2.24 bits per heavy atom. The van der Waals surface area contributed by atoms with Crippen LogP contribution in [0.2, 0.25) is 0 Å². The third kappa shape index (κ3) is 10.9. The van der Waals surface area contributed by atoms with E-state index in [1.807, 2.05) is 13.0 Å². The average Bonchev–Trinajstić information content (AvgIpc) is 3.30. The van der Waals surface area contributed by atoms with E-state index in [-0.39, 0.29) is 24.7 Å². The third-order valence-corrected chi connectivity index (χ3v) is 7.71. The van der Waals surface area contributed by atoms with Crippen molar-refractivity contribution in [1.82, 2.24) is 19.5 Å². The van der Waals surface area contributed by atoms with E-state index in [1.54, 1.807) is 62.9 Å². The molecule has 4 N–H and O–H groups in total. The molecular weight excluding hydrogens is 569 g/mol. The number of hydrogen-bond donors (Lipinski definition) is 3. The first kappa shape index (κ1) is 33.9. The summed E-state index contributed by atoms with van der Waals surface area (Å²) in [5.41, 5.74) is 5.92. The second kappa shape index (κ2) is 15.1. The van der Waals surface area contributed by atoms with E-state index in [9.17, 15) is 18.9 Å². The normalized spacial score (nSPS) is 13.7. The van der Waals surface area contributed by atoms with Gasteiger partial charge in [0, 0.05) is 12.2 Å². The predicted molar refractivity (Wildman–Crippen MR) is 154 cm³/mol. The molecule has 0 saturated carbocycles. The van der Waals surface area contributed by atoms with Crippen LogP contribution >= 0.6 is 7.37 Å². The minimum atomic E-state index is -3.45. The molecule has 0 bridgehead atoms. The van der Waals surface area contributed by atoms with Gasteiger partial charge in [0.05, 0.1) is 36.7 Å². The number of aliphatic carboxylic acids is 2. The van der Waals surface area contributed by atoms with Gasteiger partial charge in [-0.25, -0.2) is 24.5 Å². The smallest absolute Gasteiger partial charge is 0.328 e. The van der Waals surface area contributed by atoms with E-state index in [1.165, 1.54) is 6.33 Å². The zero-order chi connectivity index (χ0) is 31.5. The first-order valence-electron chi connectivity index (χ1n) is 12.8. The zero-order valence-electron chi connectivity index (χ0n) is 24.0. The Kier molecular flexibility index (Phi) is 12.2. The number of hydrogen-bond acceptors (Lipinski definition) is 11. The van der Waals surface area contributed by atoms with E-state index >= 15 is 0 Å². The van der Waals surface area contributed by atoms with Crippen LogP contribution in [0.15, 0.2) is 55.1 Å². The molecule has 1 aromatic carbocycles. The highest BCUT2D eigenvalue weighted by molar-refractivity contribution is 7.59. The molecule has 14 nitrogen and oxygen atoms in total. The number of anilines is 1. The first-order chi connectivity index (χ1) is 19.6. The number of fused-ring (bicyclic) bond motifs is 1. The number of rotatable bonds is 13. The van der Waals surface area contributed by atoms with Crippen LogP contribution in [-0.4, -0.2) is 72.4 Å². The first-order valence-corrected chi connectivity index (χ1v) is 14.8. The van der Waals surface area contributed by atoms with Crippen LogP contribution in [0.5, 0.6) is 5.75 Å². The molecule has 0 unspecified atom stereocenters. The highest BCUT2D eigenvalue weighted by Crippen LogP contribution is 2.52. The number of imidazole rings is 1. The number of esters is 1. The Labute approximate surface area is 243 Å². The summed E-state index contributed by atoms with van der Waals surface area (Å²) in [6, 6.07) is 8.86. The lowest BCUT2D eigenvalue weighted by molar-refractivity contribution is -0.156. The predicted octanol–water partition coefficient (Wildman–Crippen LogP) is 3.82. The van der Waals surface area contributed by atoms with E-state index in [4.69, 9.17) is 29.9 Å². The number of carbonyl (C=O) groups is 3. The monoisotopic (exact) mass is 605 g/mol. The van der Waals surface area contributed by atoms with Gasteiger partial charge in [0.25, 0.3) is 7.37 Å². The van der Waals surface area contributed by atoms with Gasteiger partial charge >= 0.3 is 17.9 Å². The summed E-state index contributed by atoms with van der Waals surface area (Å²) in [5, 5.41) is 15.6. The Morgan fingerprint density at radius 1 is 1.05 bits per heavy atom. The second-order valence-corrected chi connectivity index (χ2v) is 12.5. The Morgan fingerprint density at radius 2 is 1.67 bits per heavy atom. The number of para-hydroxylation sites is 1. The number of ether oxygens (including phenoxy) is 2. The molecule has 0 spiro atoms. The summed E-state index contributed by atoms with van der Waals surface area (Å²) in [4.78, 5) is 44.2. The maximum Gasteiger partial charge on any atom is 0.328 e. The van der Waals surface area contributed by atoms with Gasteiger partial charge in [0.15, 0.2) is 11.5 Å². The van der Waals surface area contributed by atoms with Gasteiger partial charge in [0.2, 0.25) is 0 Å². The van der Waals surface area contributed by atoms with Crippen molar-refractivity contribution in [3.05, 3.63) is 55.1 Å². The Hall–Kier alpha value is -4.29. The summed E-state index contributed by atoms with van der Waals surface area (Å²) in [6.07, 6.45) is 3.26. The van der Waals surface area contributed by atoms with Crippen molar-refractivity contribution in [2.24, 2.45) is 5.41 Å². The SMILES string of the molecule is CC(C)OC(=O)C(C)(C)C[P@](=O)(CO[C@H](C)Cn1cnc2c(N)ncnc21)Oc1ccccc1.O=C(O)/C=C/C(=O)O. The molecule has 0 saturated heterocycles. The van der Waals surface area contributed by atoms with Crippen LogP contribution in [0.4, 0.5) is 5.82 Å². The number of nitrogens with two attached hydrogens (primary N) is 1. The Balaban J connectivity index is 0.000000675. The quantitative estimate of drug-likeness (QED) is 0.144. The summed E-state index contributed by atoms with van der Waals surface area (Å²) >= 11 is 0. The minimum absolute atomic E-state index is 0.0368. The van der Waals surface area contributed by atoms with E-state index in [2.05, 4.69) is 15.0 Å². The van der Waals surface area contributed by atoms with Gasteiger partial charge in [-0.1, -0.05) is 18.2 Å². The van der Waals surface area contributed by atoms with Crippen molar-refractivity contribution in [3.8, 4) is 5.75 Å². The number of nitrogen functional groups attached to an aromatic ring is 1. The van der Waals surface area contributed by atoms with Crippen molar-refractivity contribution in [2.45, 2.75) is 53.4 Å². The second-order valence-electron chi connectivity index (χ2n) is 10.2. The highest BCUT2D eigenvalue weighted by atomic mass is 31.2. The van der Waals surface area contributed by atoms with Gasteiger partial charge in [-0.2, -0.15) is 0 Å². The average molecular weight is 606 g/mol. The van der Waals surface area contributed by atoms with Gasteiger partial charge in [-0.15, -0.1) is 0 Å². The van der Waals surface area contributed by atoms with E-state index < -0.39 is 30.7 Å². The lowest BCUT2D eigenvalue weighted by Gasteiger charge is -2.29. The molecule has 15 heteroatoms. The van der Waals surface area contributed by atoms with Gasteiger partial charge in [-0.3, -0.25) is 9.36 Å². The van der Waals surface area contributed by atoms with E-state index in [0.717, 1.165) is 0 Å². The van der Waals surface area contributed by atoms with Crippen molar-refractivity contribution < 1.29 is 43.2 Å². The van der Waals surface area contributed by atoms with Gasteiger partial charge < -0.3 is 34.5 Å². The molecule has 0 aliphatic carbocycles. The maximum absolute atomic E-state index is 13.9. The topological polar surface area (TPSA) is 206 Å². The maximum atomic E-state index is 13.9. The fourth-order valence-electron chi connectivity index (χ4n) is 3.56. The number of carboxylic acids is 2. The number of aromatic nitrogens is 4. The zero-order valence-corrected chi connectivity index (χ0v) is 24.9. The molecule has 0 fully saturated rings. The molecule has 2 heterocycles. The molecule has 0 aliphatic rings. The molecule has 3 aromatic rings. The largest absolute Gasteiger partial charge is 0.478 e. The molecule has 2 aromatic heterocycles. The van der Waals surface area contributed by atoms with Crippen LogP contribution in [0.1, 0.15) is 34.6 Å².